The van der Waals surface area contributed by atoms with Crippen molar-refractivity contribution in [3.05, 3.63) is 59.7 Å². The van der Waals surface area contributed by atoms with Gasteiger partial charge < -0.3 is 9.47 Å². The van der Waals surface area contributed by atoms with Crippen molar-refractivity contribution < 1.29 is 19.1 Å². The summed E-state index contributed by atoms with van der Waals surface area (Å²) in [6.07, 6.45) is 0. The summed E-state index contributed by atoms with van der Waals surface area (Å²) in [6.45, 7) is 1.66. The summed E-state index contributed by atoms with van der Waals surface area (Å²) in [7, 11) is 2.90. The maximum Gasteiger partial charge on any atom is 0.334 e. The number of benzene rings is 2. The van der Waals surface area contributed by atoms with Gasteiger partial charge in [-0.25, -0.2) is 9.69 Å². The van der Waals surface area contributed by atoms with E-state index >= 15 is 0 Å². The van der Waals surface area contributed by atoms with E-state index in [1.807, 2.05) is 24.3 Å². The summed E-state index contributed by atoms with van der Waals surface area (Å²) in [6, 6.07) is 15.2. The molecule has 3 amide bonds. The zero-order chi connectivity index (χ0) is 19.6. The monoisotopic (exact) mass is 365 g/mol. The fourth-order valence-corrected chi connectivity index (χ4v) is 3.23. The second-order valence-electron chi connectivity index (χ2n) is 6.20. The van der Waals surface area contributed by atoms with E-state index in [2.05, 4.69) is 0 Å². The third kappa shape index (κ3) is 2.80. The number of carbonyl (C=O) groups excluding carboxylic acids is 2. The van der Waals surface area contributed by atoms with Crippen LogP contribution in [0.2, 0.25) is 0 Å². The second-order valence-corrected chi connectivity index (χ2v) is 6.20. The number of amides is 3. The number of nitriles is 1. The number of hydrogen-bond donors (Lipinski definition) is 0. The lowest BCUT2D eigenvalue weighted by Crippen LogP contribution is -2.45. The third-order valence-electron chi connectivity index (χ3n) is 4.74. The van der Waals surface area contributed by atoms with Gasteiger partial charge in [0.15, 0.2) is 0 Å². The molecule has 1 fully saturated rings. The van der Waals surface area contributed by atoms with Crippen molar-refractivity contribution in [2.24, 2.45) is 0 Å². The number of carbonyl (C=O) groups is 2. The lowest BCUT2D eigenvalue weighted by molar-refractivity contribution is -0.126. The van der Waals surface area contributed by atoms with Gasteiger partial charge in [-0.2, -0.15) is 5.26 Å². The minimum absolute atomic E-state index is 0.0418. The molecule has 2 aromatic rings. The highest BCUT2D eigenvalue weighted by atomic mass is 16.5. The second kappa shape index (κ2) is 7.09. The van der Waals surface area contributed by atoms with Gasteiger partial charge in [0.25, 0.3) is 5.91 Å². The number of imide groups is 1. The van der Waals surface area contributed by atoms with E-state index in [4.69, 9.17) is 14.7 Å². The van der Waals surface area contributed by atoms with Crippen molar-refractivity contribution in [3.8, 4) is 11.8 Å². The molecule has 27 heavy (non-hydrogen) atoms. The summed E-state index contributed by atoms with van der Waals surface area (Å²) in [5.74, 6) is -0.107. The Morgan fingerprint density at radius 2 is 1.81 bits per heavy atom. The van der Waals surface area contributed by atoms with Crippen LogP contribution >= 0.6 is 0 Å². The fraction of sp³-hybridized carbons (Fsp3) is 0.250. The highest BCUT2D eigenvalue weighted by molar-refractivity contribution is 6.23. The molecular weight excluding hydrogens is 346 g/mol. The molecular formula is C20H19N3O4. The van der Waals surface area contributed by atoms with Gasteiger partial charge in [-0.05, 0) is 24.6 Å². The number of rotatable bonds is 5. The van der Waals surface area contributed by atoms with E-state index in [-0.39, 0.29) is 6.73 Å². The predicted octanol–water partition coefficient (Wildman–Crippen LogP) is 2.85. The van der Waals surface area contributed by atoms with Gasteiger partial charge in [0.05, 0.1) is 18.4 Å². The molecule has 1 unspecified atom stereocenters. The summed E-state index contributed by atoms with van der Waals surface area (Å²) >= 11 is 0. The first-order chi connectivity index (χ1) is 13.0. The molecule has 138 valence electrons. The lowest BCUT2D eigenvalue weighted by Gasteiger charge is -2.31. The van der Waals surface area contributed by atoms with Crippen molar-refractivity contribution in [2.75, 3.05) is 25.9 Å². The van der Waals surface area contributed by atoms with Gasteiger partial charge in [0.1, 0.15) is 24.1 Å². The number of methoxy groups -OCH3 is 2. The molecule has 0 saturated carbocycles. The molecule has 0 spiro atoms. The average Bonchev–Trinajstić information content (AvgIpc) is 2.89. The fourth-order valence-electron chi connectivity index (χ4n) is 3.23. The van der Waals surface area contributed by atoms with Crippen molar-refractivity contribution in [2.45, 2.75) is 12.5 Å². The molecule has 7 nitrogen and oxygen atoms in total. The van der Waals surface area contributed by atoms with Gasteiger partial charge in [0.2, 0.25) is 0 Å². The van der Waals surface area contributed by atoms with E-state index in [9.17, 15) is 9.59 Å². The van der Waals surface area contributed by atoms with Crippen LogP contribution in [0, 0.1) is 11.3 Å². The first-order valence-electron chi connectivity index (χ1n) is 8.27. The van der Waals surface area contributed by atoms with Crippen LogP contribution in [0.1, 0.15) is 18.1 Å². The lowest BCUT2D eigenvalue weighted by atomic mass is 9.90. The van der Waals surface area contributed by atoms with E-state index in [0.29, 0.717) is 22.6 Å². The molecule has 1 aliphatic heterocycles. The Kier molecular flexibility index (Phi) is 4.84. The van der Waals surface area contributed by atoms with Crippen LogP contribution in [0.5, 0.6) is 5.75 Å². The van der Waals surface area contributed by atoms with E-state index < -0.39 is 17.5 Å². The Hall–Kier alpha value is -3.37. The van der Waals surface area contributed by atoms with Crippen LogP contribution in [0.4, 0.5) is 10.5 Å². The SMILES string of the molecule is COCN1C(=O)N(c2ccc(C#N)c(OC)c2)C(=O)C1(C)c1ccccc1. The Balaban J connectivity index is 2.12. The Morgan fingerprint density at radius 3 is 2.41 bits per heavy atom. The van der Waals surface area contributed by atoms with Crippen molar-refractivity contribution in [3.63, 3.8) is 0 Å². The van der Waals surface area contributed by atoms with Crippen LogP contribution in [0.15, 0.2) is 48.5 Å². The number of hydrogen-bond acceptors (Lipinski definition) is 5. The van der Waals surface area contributed by atoms with Crippen LogP contribution in [-0.2, 0) is 15.1 Å². The average molecular weight is 365 g/mol. The topological polar surface area (TPSA) is 82.9 Å². The van der Waals surface area contributed by atoms with Gasteiger partial charge >= 0.3 is 6.03 Å². The van der Waals surface area contributed by atoms with E-state index in [0.717, 1.165) is 4.90 Å². The Labute approximate surface area is 157 Å². The van der Waals surface area contributed by atoms with E-state index in [1.165, 1.54) is 31.3 Å². The molecule has 1 saturated heterocycles. The minimum Gasteiger partial charge on any atom is -0.495 e. The maximum absolute atomic E-state index is 13.4. The molecule has 3 rings (SSSR count). The summed E-state index contributed by atoms with van der Waals surface area (Å²) in [5, 5.41) is 9.15. The quantitative estimate of drug-likeness (QED) is 0.761. The Bertz CT molecular complexity index is 923. The molecule has 1 atom stereocenters. The van der Waals surface area contributed by atoms with Crippen LogP contribution in [0.25, 0.3) is 0 Å². The first-order valence-corrected chi connectivity index (χ1v) is 8.27. The van der Waals surface area contributed by atoms with E-state index in [1.54, 1.807) is 25.1 Å². The smallest absolute Gasteiger partial charge is 0.334 e. The summed E-state index contributed by atoms with van der Waals surface area (Å²) in [4.78, 5) is 29.0. The van der Waals surface area contributed by atoms with Crippen molar-refractivity contribution in [1.82, 2.24) is 4.90 Å². The zero-order valence-corrected chi connectivity index (χ0v) is 15.3. The normalized spacial score (nSPS) is 19.3. The molecule has 0 N–H and O–H groups in total. The van der Waals surface area contributed by atoms with Gasteiger partial charge in [-0.15, -0.1) is 0 Å². The molecule has 2 aromatic carbocycles. The molecule has 1 aliphatic rings. The number of ether oxygens (including phenoxy) is 2. The molecule has 0 bridgehead atoms. The van der Waals surface area contributed by atoms with Crippen LogP contribution in [-0.4, -0.2) is 37.8 Å². The largest absolute Gasteiger partial charge is 0.495 e. The van der Waals surface area contributed by atoms with Crippen LogP contribution in [0.3, 0.4) is 0 Å². The van der Waals surface area contributed by atoms with Gasteiger partial charge in [-0.3, -0.25) is 9.69 Å². The number of anilines is 1. The van der Waals surface area contributed by atoms with Crippen molar-refractivity contribution >= 4 is 17.6 Å². The predicted molar refractivity (Wildman–Crippen MR) is 98.1 cm³/mol. The summed E-state index contributed by atoms with van der Waals surface area (Å²) < 4.78 is 10.4. The minimum atomic E-state index is -1.21. The molecule has 0 aliphatic carbocycles. The molecule has 7 heteroatoms. The standard InChI is InChI=1S/C20H19N3O4/c1-20(15-7-5-4-6-8-15)18(24)23(19(25)22(20)13-26-2)16-10-9-14(12-21)17(11-16)27-3/h4-11H,13H2,1-3H3. The third-order valence-corrected chi connectivity index (χ3v) is 4.74. The van der Waals surface area contributed by atoms with Gasteiger partial charge in [-0.1, -0.05) is 30.3 Å². The number of urea groups is 1. The van der Waals surface area contributed by atoms with Gasteiger partial charge in [0, 0.05) is 13.2 Å². The molecule has 0 aromatic heterocycles. The zero-order valence-electron chi connectivity index (χ0n) is 15.3. The highest BCUT2D eigenvalue weighted by Crippen LogP contribution is 2.40. The summed E-state index contributed by atoms with van der Waals surface area (Å²) in [5.41, 5.74) is 0.125. The Morgan fingerprint density at radius 1 is 1.11 bits per heavy atom. The highest BCUT2D eigenvalue weighted by Gasteiger charge is 2.56. The molecule has 0 radical (unpaired) electrons. The maximum atomic E-state index is 13.4. The first kappa shape index (κ1) is 18.4. The van der Waals surface area contributed by atoms with Crippen LogP contribution < -0.4 is 9.64 Å². The molecule has 1 heterocycles. The number of nitrogens with zero attached hydrogens (tertiary/aromatic N) is 3. The van der Waals surface area contributed by atoms with Crippen molar-refractivity contribution in [1.29, 1.82) is 5.26 Å².